The highest BCUT2D eigenvalue weighted by molar-refractivity contribution is 7.13. The Hall–Kier alpha value is -2.66. The van der Waals surface area contributed by atoms with Crippen LogP contribution < -0.4 is 5.32 Å². The van der Waals surface area contributed by atoms with Crippen molar-refractivity contribution in [2.45, 2.75) is 26.7 Å². The molecule has 0 saturated carbocycles. The van der Waals surface area contributed by atoms with Crippen LogP contribution in [0.25, 0.3) is 21.8 Å². The Bertz CT molecular complexity index is 885. The van der Waals surface area contributed by atoms with E-state index in [0.717, 1.165) is 21.8 Å². The van der Waals surface area contributed by atoms with Gasteiger partial charge in [0, 0.05) is 16.5 Å². The Morgan fingerprint density at radius 1 is 1.15 bits per heavy atom. The van der Waals surface area contributed by atoms with Crippen molar-refractivity contribution in [3.8, 4) is 21.8 Å². The summed E-state index contributed by atoms with van der Waals surface area (Å²) in [5, 5.41) is 5.69. The van der Waals surface area contributed by atoms with Crippen molar-refractivity contribution < 1.29 is 9.53 Å². The minimum Gasteiger partial charge on any atom is -0.450 e. The van der Waals surface area contributed by atoms with E-state index in [1.54, 1.807) is 18.3 Å². The number of benzene rings is 2. The number of hydrogen-bond acceptors (Lipinski definition) is 4. The third-order valence-corrected chi connectivity index (χ3v) is 4.92. The molecular formula is C21H22N2O2S. The SMILES string of the molecule is CCOC(=O)Nc1ccccc1-c1nc(-c2ccc(C(C)C)cc2)cs1. The maximum atomic E-state index is 11.8. The molecule has 1 N–H and O–H groups in total. The molecule has 0 spiro atoms. The number of para-hydroxylation sites is 1. The van der Waals surface area contributed by atoms with Crippen LogP contribution in [0.3, 0.4) is 0 Å². The van der Waals surface area contributed by atoms with Gasteiger partial charge in [0.2, 0.25) is 0 Å². The van der Waals surface area contributed by atoms with Crippen molar-refractivity contribution in [2.24, 2.45) is 0 Å². The number of nitrogens with one attached hydrogen (secondary N) is 1. The number of carbonyl (C=O) groups excluding carboxylic acids is 1. The van der Waals surface area contributed by atoms with Gasteiger partial charge in [0.05, 0.1) is 18.0 Å². The van der Waals surface area contributed by atoms with Crippen molar-refractivity contribution in [1.29, 1.82) is 0 Å². The van der Waals surface area contributed by atoms with Gasteiger partial charge in [0.1, 0.15) is 5.01 Å². The number of aromatic nitrogens is 1. The Morgan fingerprint density at radius 2 is 1.88 bits per heavy atom. The lowest BCUT2D eigenvalue weighted by Crippen LogP contribution is -2.13. The number of hydrogen-bond donors (Lipinski definition) is 1. The summed E-state index contributed by atoms with van der Waals surface area (Å²) in [4.78, 5) is 16.5. The number of anilines is 1. The normalized spacial score (nSPS) is 10.8. The lowest BCUT2D eigenvalue weighted by atomic mass is 10.0. The van der Waals surface area contributed by atoms with E-state index >= 15 is 0 Å². The average molecular weight is 366 g/mol. The molecule has 0 atom stereocenters. The van der Waals surface area contributed by atoms with E-state index in [1.807, 2.05) is 29.6 Å². The maximum Gasteiger partial charge on any atom is 0.411 e. The molecule has 26 heavy (non-hydrogen) atoms. The molecule has 0 fully saturated rings. The van der Waals surface area contributed by atoms with Crippen LogP contribution in [0.15, 0.2) is 53.9 Å². The second-order valence-corrected chi connectivity index (χ2v) is 7.06. The van der Waals surface area contributed by atoms with E-state index < -0.39 is 6.09 Å². The number of thiazole rings is 1. The lowest BCUT2D eigenvalue weighted by Gasteiger charge is -2.09. The zero-order valence-corrected chi connectivity index (χ0v) is 16.0. The Kier molecular flexibility index (Phi) is 5.68. The van der Waals surface area contributed by atoms with Gasteiger partial charge >= 0.3 is 6.09 Å². The summed E-state index contributed by atoms with van der Waals surface area (Å²) in [5.74, 6) is 0.510. The first-order valence-electron chi connectivity index (χ1n) is 8.67. The van der Waals surface area contributed by atoms with Crippen molar-refractivity contribution in [2.75, 3.05) is 11.9 Å². The van der Waals surface area contributed by atoms with Crippen LogP contribution >= 0.6 is 11.3 Å². The molecule has 1 aromatic heterocycles. The van der Waals surface area contributed by atoms with Crippen LogP contribution in [0.2, 0.25) is 0 Å². The van der Waals surface area contributed by atoms with Gasteiger partial charge in [-0.25, -0.2) is 9.78 Å². The number of rotatable bonds is 5. The van der Waals surface area contributed by atoms with Gasteiger partial charge in [-0.05, 0) is 30.5 Å². The van der Waals surface area contributed by atoms with Crippen molar-refractivity contribution in [3.05, 3.63) is 59.5 Å². The Balaban J connectivity index is 1.87. The first-order valence-corrected chi connectivity index (χ1v) is 9.55. The Morgan fingerprint density at radius 3 is 2.58 bits per heavy atom. The molecule has 0 aliphatic heterocycles. The second kappa shape index (κ2) is 8.15. The van der Waals surface area contributed by atoms with E-state index in [2.05, 4.69) is 43.4 Å². The van der Waals surface area contributed by atoms with E-state index in [9.17, 15) is 4.79 Å². The van der Waals surface area contributed by atoms with Crippen molar-refractivity contribution in [3.63, 3.8) is 0 Å². The molecule has 2 aromatic carbocycles. The molecule has 5 heteroatoms. The first-order chi connectivity index (χ1) is 12.6. The molecule has 3 rings (SSSR count). The molecule has 0 aliphatic rings. The molecule has 134 valence electrons. The number of amides is 1. The maximum absolute atomic E-state index is 11.8. The Labute approximate surface area is 157 Å². The van der Waals surface area contributed by atoms with Crippen LogP contribution in [0, 0.1) is 0 Å². The van der Waals surface area contributed by atoms with Gasteiger partial charge in [-0.3, -0.25) is 5.32 Å². The topological polar surface area (TPSA) is 51.2 Å². The summed E-state index contributed by atoms with van der Waals surface area (Å²) in [6.45, 7) is 6.48. The van der Waals surface area contributed by atoms with Crippen LogP contribution in [-0.2, 0) is 4.74 Å². The summed E-state index contributed by atoms with van der Waals surface area (Å²) >= 11 is 1.56. The van der Waals surface area contributed by atoms with Gasteiger partial charge in [0.15, 0.2) is 0 Å². The molecule has 0 radical (unpaired) electrons. The summed E-state index contributed by atoms with van der Waals surface area (Å²) in [6.07, 6.45) is -0.457. The van der Waals surface area contributed by atoms with Gasteiger partial charge < -0.3 is 4.74 Å². The smallest absolute Gasteiger partial charge is 0.411 e. The molecular weight excluding hydrogens is 344 g/mol. The van der Waals surface area contributed by atoms with E-state index in [0.29, 0.717) is 18.2 Å². The van der Waals surface area contributed by atoms with Gasteiger partial charge in [-0.2, -0.15) is 0 Å². The van der Waals surface area contributed by atoms with E-state index in [-0.39, 0.29) is 0 Å². The zero-order valence-electron chi connectivity index (χ0n) is 15.2. The summed E-state index contributed by atoms with van der Waals surface area (Å²) < 4.78 is 4.97. The molecule has 4 nitrogen and oxygen atoms in total. The molecule has 3 aromatic rings. The van der Waals surface area contributed by atoms with Crippen LogP contribution in [0.5, 0.6) is 0 Å². The number of ether oxygens (including phenoxy) is 1. The highest BCUT2D eigenvalue weighted by Gasteiger charge is 2.13. The molecule has 0 aliphatic carbocycles. The molecule has 1 amide bonds. The quantitative estimate of drug-likeness (QED) is 0.587. The number of carbonyl (C=O) groups is 1. The first kappa shape index (κ1) is 18.1. The van der Waals surface area contributed by atoms with Crippen molar-refractivity contribution >= 4 is 23.1 Å². The fraction of sp³-hybridized carbons (Fsp3) is 0.238. The summed E-state index contributed by atoms with van der Waals surface area (Å²) in [7, 11) is 0. The van der Waals surface area contributed by atoms with Gasteiger partial charge in [-0.15, -0.1) is 11.3 Å². The third-order valence-electron chi connectivity index (χ3n) is 4.05. The second-order valence-electron chi connectivity index (χ2n) is 6.21. The van der Waals surface area contributed by atoms with E-state index in [4.69, 9.17) is 9.72 Å². The number of nitrogens with zero attached hydrogens (tertiary/aromatic N) is 1. The standard InChI is InChI=1S/C21H22N2O2S/c1-4-25-21(24)23-18-8-6-5-7-17(18)20-22-19(13-26-20)16-11-9-15(10-12-16)14(2)3/h5-14H,4H2,1-3H3,(H,23,24). The highest BCUT2D eigenvalue weighted by atomic mass is 32.1. The molecule has 0 unspecified atom stereocenters. The van der Waals surface area contributed by atoms with Crippen LogP contribution in [0.4, 0.5) is 10.5 Å². The fourth-order valence-corrected chi connectivity index (χ4v) is 3.49. The minimum absolute atomic E-state index is 0.335. The van der Waals surface area contributed by atoms with Crippen molar-refractivity contribution in [1.82, 2.24) is 4.98 Å². The van der Waals surface area contributed by atoms with E-state index in [1.165, 1.54) is 5.56 Å². The summed E-state index contributed by atoms with van der Waals surface area (Å²) in [5.41, 5.74) is 4.92. The van der Waals surface area contributed by atoms with Gasteiger partial charge in [0.25, 0.3) is 0 Å². The third kappa shape index (κ3) is 4.11. The average Bonchev–Trinajstić information content (AvgIpc) is 3.12. The summed E-state index contributed by atoms with van der Waals surface area (Å²) in [6, 6.07) is 16.1. The fourth-order valence-electron chi connectivity index (χ4n) is 2.62. The molecule has 0 bridgehead atoms. The zero-order chi connectivity index (χ0) is 18.5. The molecule has 0 saturated heterocycles. The monoisotopic (exact) mass is 366 g/mol. The lowest BCUT2D eigenvalue weighted by molar-refractivity contribution is 0.168. The predicted molar refractivity (Wildman–Crippen MR) is 108 cm³/mol. The van der Waals surface area contributed by atoms with Crippen LogP contribution in [-0.4, -0.2) is 17.7 Å². The predicted octanol–water partition coefficient (Wildman–Crippen LogP) is 6.17. The van der Waals surface area contributed by atoms with Gasteiger partial charge in [-0.1, -0.05) is 50.2 Å². The highest BCUT2D eigenvalue weighted by Crippen LogP contribution is 2.33. The molecule has 1 heterocycles. The van der Waals surface area contributed by atoms with Crippen LogP contribution in [0.1, 0.15) is 32.3 Å². The minimum atomic E-state index is -0.457. The largest absolute Gasteiger partial charge is 0.450 e.